The summed E-state index contributed by atoms with van der Waals surface area (Å²) in [6, 6.07) is 5.09. The van der Waals surface area contributed by atoms with Crippen LogP contribution in [0, 0.1) is 10.1 Å². The van der Waals surface area contributed by atoms with Crippen molar-refractivity contribution in [1.29, 1.82) is 0 Å². The molecule has 0 radical (unpaired) electrons. The van der Waals surface area contributed by atoms with Crippen LogP contribution in [0.3, 0.4) is 0 Å². The summed E-state index contributed by atoms with van der Waals surface area (Å²) in [6.45, 7) is 5.86. The molecular weight excluding hydrogens is 272 g/mol. The SMILES string of the molecule is CCCC(C)Oc1ccc(CNCCOC)cc1[N+](=O)[O-]. The third-order valence-corrected chi connectivity index (χ3v) is 3.06. The number of nitrogens with one attached hydrogen (secondary N) is 1. The molecule has 0 heterocycles. The van der Waals surface area contributed by atoms with Gasteiger partial charge in [0.15, 0.2) is 5.75 Å². The molecule has 1 unspecified atom stereocenters. The van der Waals surface area contributed by atoms with Crippen LogP contribution in [-0.4, -0.2) is 31.3 Å². The quantitative estimate of drug-likeness (QED) is 0.408. The van der Waals surface area contributed by atoms with E-state index in [0.717, 1.165) is 18.4 Å². The van der Waals surface area contributed by atoms with Gasteiger partial charge in [-0.3, -0.25) is 10.1 Å². The molecule has 1 aromatic rings. The molecule has 1 rings (SSSR count). The van der Waals surface area contributed by atoms with Crippen LogP contribution in [0.1, 0.15) is 32.3 Å². The topological polar surface area (TPSA) is 73.6 Å². The minimum Gasteiger partial charge on any atom is -0.484 e. The van der Waals surface area contributed by atoms with Gasteiger partial charge in [0.05, 0.1) is 17.6 Å². The fourth-order valence-electron chi connectivity index (χ4n) is 2.00. The Balaban J connectivity index is 2.74. The van der Waals surface area contributed by atoms with Crippen LogP contribution in [0.2, 0.25) is 0 Å². The fraction of sp³-hybridized carbons (Fsp3) is 0.600. The van der Waals surface area contributed by atoms with E-state index in [2.05, 4.69) is 12.2 Å². The molecule has 1 aromatic carbocycles. The van der Waals surface area contributed by atoms with Crippen molar-refractivity contribution in [3.63, 3.8) is 0 Å². The number of nitrogens with zero attached hydrogens (tertiary/aromatic N) is 1. The molecule has 6 heteroatoms. The second kappa shape index (κ2) is 9.31. The van der Waals surface area contributed by atoms with Crippen molar-refractivity contribution < 1.29 is 14.4 Å². The largest absolute Gasteiger partial charge is 0.484 e. The third kappa shape index (κ3) is 6.10. The third-order valence-electron chi connectivity index (χ3n) is 3.06. The van der Waals surface area contributed by atoms with Crippen molar-refractivity contribution in [3.8, 4) is 5.75 Å². The Morgan fingerprint density at radius 2 is 2.19 bits per heavy atom. The smallest absolute Gasteiger partial charge is 0.311 e. The number of benzene rings is 1. The summed E-state index contributed by atoms with van der Waals surface area (Å²) >= 11 is 0. The molecule has 0 aliphatic rings. The van der Waals surface area contributed by atoms with E-state index in [4.69, 9.17) is 9.47 Å². The van der Waals surface area contributed by atoms with Gasteiger partial charge in [0.25, 0.3) is 0 Å². The zero-order valence-corrected chi connectivity index (χ0v) is 12.9. The number of nitro groups is 1. The van der Waals surface area contributed by atoms with Gasteiger partial charge >= 0.3 is 5.69 Å². The Hall–Kier alpha value is -1.66. The van der Waals surface area contributed by atoms with Gasteiger partial charge in [0.2, 0.25) is 0 Å². The summed E-state index contributed by atoms with van der Waals surface area (Å²) in [4.78, 5) is 10.8. The van der Waals surface area contributed by atoms with E-state index in [1.165, 1.54) is 0 Å². The maximum absolute atomic E-state index is 11.2. The lowest BCUT2D eigenvalue weighted by Gasteiger charge is -2.14. The Bertz CT molecular complexity index is 451. The van der Waals surface area contributed by atoms with Gasteiger partial charge in [-0.1, -0.05) is 19.4 Å². The van der Waals surface area contributed by atoms with E-state index in [0.29, 0.717) is 25.4 Å². The second-order valence-electron chi connectivity index (χ2n) is 4.95. The summed E-state index contributed by atoms with van der Waals surface area (Å²) in [5.41, 5.74) is 0.872. The Labute approximate surface area is 125 Å². The van der Waals surface area contributed by atoms with E-state index in [1.807, 2.05) is 13.0 Å². The standard InChI is InChI=1S/C15H24N2O4/c1-4-5-12(2)21-15-7-6-13(10-14(15)17(18)19)11-16-8-9-20-3/h6-7,10,12,16H,4-5,8-9,11H2,1-3H3. The molecule has 21 heavy (non-hydrogen) atoms. The van der Waals surface area contributed by atoms with Crippen molar-refractivity contribution in [3.05, 3.63) is 33.9 Å². The molecule has 118 valence electrons. The lowest BCUT2D eigenvalue weighted by atomic mass is 10.1. The zero-order valence-electron chi connectivity index (χ0n) is 12.9. The molecule has 0 amide bonds. The van der Waals surface area contributed by atoms with Crippen LogP contribution in [0.4, 0.5) is 5.69 Å². The average molecular weight is 296 g/mol. The van der Waals surface area contributed by atoms with E-state index < -0.39 is 4.92 Å². The molecule has 0 fully saturated rings. The first-order valence-corrected chi connectivity index (χ1v) is 7.22. The van der Waals surface area contributed by atoms with Crippen molar-refractivity contribution in [1.82, 2.24) is 5.32 Å². The van der Waals surface area contributed by atoms with E-state index in [1.54, 1.807) is 19.2 Å². The lowest BCUT2D eigenvalue weighted by Crippen LogP contribution is -2.18. The highest BCUT2D eigenvalue weighted by atomic mass is 16.6. The predicted molar refractivity (Wildman–Crippen MR) is 81.7 cm³/mol. The lowest BCUT2D eigenvalue weighted by molar-refractivity contribution is -0.386. The van der Waals surface area contributed by atoms with Crippen molar-refractivity contribution in [2.24, 2.45) is 0 Å². The molecule has 0 aliphatic carbocycles. The molecule has 0 saturated carbocycles. The normalized spacial score (nSPS) is 12.1. The minimum absolute atomic E-state index is 0.0176. The summed E-state index contributed by atoms with van der Waals surface area (Å²) in [7, 11) is 1.64. The molecule has 1 atom stereocenters. The number of rotatable bonds is 10. The van der Waals surface area contributed by atoms with Gasteiger partial charge in [0, 0.05) is 26.3 Å². The zero-order chi connectivity index (χ0) is 15.7. The maximum Gasteiger partial charge on any atom is 0.311 e. The monoisotopic (exact) mass is 296 g/mol. The average Bonchev–Trinajstić information content (AvgIpc) is 2.45. The molecule has 6 nitrogen and oxygen atoms in total. The molecule has 0 spiro atoms. The van der Waals surface area contributed by atoms with Crippen LogP contribution in [0.25, 0.3) is 0 Å². The van der Waals surface area contributed by atoms with E-state index in [-0.39, 0.29) is 11.8 Å². The molecule has 0 aromatic heterocycles. The highest BCUT2D eigenvalue weighted by Crippen LogP contribution is 2.29. The van der Waals surface area contributed by atoms with Gasteiger partial charge < -0.3 is 14.8 Å². The number of hydrogen-bond acceptors (Lipinski definition) is 5. The summed E-state index contributed by atoms with van der Waals surface area (Å²) in [5.74, 6) is 0.335. The van der Waals surface area contributed by atoms with Gasteiger partial charge in [0.1, 0.15) is 0 Å². The summed E-state index contributed by atoms with van der Waals surface area (Å²) < 4.78 is 10.6. The molecule has 0 aliphatic heterocycles. The van der Waals surface area contributed by atoms with Gasteiger partial charge in [-0.05, 0) is 25.0 Å². The van der Waals surface area contributed by atoms with Crippen LogP contribution in [0.5, 0.6) is 5.75 Å². The first-order valence-electron chi connectivity index (χ1n) is 7.22. The molecular formula is C15H24N2O4. The number of ether oxygens (including phenoxy) is 2. The molecule has 1 N–H and O–H groups in total. The number of hydrogen-bond donors (Lipinski definition) is 1. The first kappa shape index (κ1) is 17.4. The Morgan fingerprint density at radius 1 is 1.43 bits per heavy atom. The van der Waals surface area contributed by atoms with Crippen LogP contribution in [0.15, 0.2) is 18.2 Å². The highest BCUT2D eigenvalue weighted by Gasteiger charge is 2.17. The summed E-state index contributed by atoms with van der Waals surface area (Å²) in [5, 5.41) is 14.3. The van der Waals surface area contributed by atoms with Crippen LogP contribution < -0.4 is 10.1 Å². The number of nitro benzene ring substituents is 1. The van der Waals surface area contributed by atoms with E-state index in [9.17, 15) is 10.1 Å². The van der Waals surface area contributed by atoms with E-state index >= 15 is 0 Å². The minimum atomic E-state index is -0.396. The van der Waals surface area contributed by atoms with Gasteiger partial charge in [-0.2, -0.15) is 0 Å². The second-order valence-corrected chi connectivity index (χ2v) is 4.95. The molecule has 0 saturated heterocycles. The number of methoxy groups -OCH3 is 1. The first-order chi connectivity index (χ1) is 10.1. The fourth-order valence-corrected chi connectivity index (χ4v) is 2.00. The highest BCUT2D eigenvalue weighted by molar-refractivity contribution is 5.48. The van der Waals surface area contributed by atoms with Gasteiger partial charge in [-0.15, -0.1) is 0 Å². The van der Waals surface area contributed by atoms with Crippen LogP contribution in [-0.2, 0) is 11.3 Å². The van der Waals surface area contributed by atoms with Crippen molar-refractivity contribution in [2.45, 2.75) is 39.3 Å². The van der Waals surface area contributed by atoms with Crippen molar-refractivity contribution >= 4 is 5.69 Å². The Morgan fingerprint density at radius 3 is 2.81 bits per heavy atom. The van der Waals surface area contributed by atoms with Crippen LogP contribution >= 0.6 is 0 Å². The van der Waals surface area contributed by atoms with Gasteiger partial charge in [-0.25, -0.2) is 0 Å². The van der Waals surface area contributed by atoms with Crippen molar-refractivity contribution in [2.75, 3.05) is 20.3 Å². The summed E-state index contributed by atoms with van der Waals surface area (Å²) in [6.07, 6.45) is 1.83. The Kier molecular flexibility index (Phi) is 7.71. The maximum atomic E-state index is 11.2. The predicted octanol–water partition coefficient (Wildman–Crippen LogP) is 2.90. The molecule has 0 bridgehead atoms.